The average molecular weight is 232 g/mol. The van der Waals surface area contributed by atoms with Crippen LogP contribution >= 0.6 is 12.2 Å². The normalized spacial score (nSPS) is 9.75. The molecule has 0 bridgehead atoms. The summed E-state index contributed by atoms with van der Waals surface area (Å²) in [6.45, 7) is 0.638. The first-order chi connectivity index (χ1) is 7.84. The van der Waals surface area contributed by atoms with Crippen molar-refractivity contribution in [3.05, 3.63) is 48.3 Å². The molecule has 2 rings (SSSR count). The maximum Gasteiger partial charge on any atom is 0.171 e. The number of nitrogens with zero attached hydrogens (tertiary/aromatic N) is 1. The number of benzene rings is 1. The van der Waals surface area contributed by atoms with Gasteiger partial charge in [-0.1, -0.05) is 18.2 Å². The number of rotatable bonds is 3. The van der Waals surface area contributed by atoms with Gasteiger partial charge >= 0.3 is 0 Å². The van der Waals surface area contributed by atoms with Gasteiger partial charge in [0.05, 0.1) is 12.2 Å². The number of aromatic amines is 1. The van der Waals surface area contributed by atoms with E-state index in [9.17, 15) is 0 Å². The maximum atomic E-state index is 5.15. The molecule has 5 heteroatoms. The van der Waals surface area contributed by atoms with E-state index in [0.717, 1.165) is 11.4 Å². The van der Waals surface area contributed by atoms with Crippen LogP contribution in [-0.4, -0.2) is 15.3 Å². The minimum absolute atomic E-state index is 0.598. The zero-order valence-electron chi connectivity index (χ0n) is 8.60. The van der Waals surface area contributed by atoms with E-state index < -0.39 is 0 Å². The second-order valence-corrected chi connectivity index (χ2v) is 3.66. The Morgan fingerprint density at radius 3 is 2.75 bits per heavy atom. The third kappa shape index (κ3) is 3.06. The number of para-hydroxylation sites is 1. The van der Waals surface area contributed by atoms with Crippen LogP contribution in [0.25, 0.3) is 0 Å². The van der Waals surface area contributed by atoms with Gasteiger partial charge in [0.1, 0.15) is 0 Å². The van der Waals surface area contributed by atoms with Crippen molar-refractivity contribution < 1.29 is 0 Å². The molecule has 0 unspecified atom stereocenters. The quantitative estimate of drug-likeness (QED) is 0.707. The maximum absolute atomic E-state index is 5.15. The predicted molar refractivity (Wildman–Crippen MR) is 68.1 cm³/mol. The second-order valence-electron chi connectivity index (χ2n) is 3.26. The van der Waals surface area contributed by atoms with E-state index in [0.29, 0.717) is 11.7 Å². The molecule has 0 spiro atoms. The lowest BCUT2D eigenvalue weighted by Gasteiger charge is -2.09. The van der Waals surface area contributed by atoms with E-state index >= 15 is 0 Å². The summed E-state index contributed by atoms with van der Waals surface area (Å²) in [5.74, 6) is 0. The van der Waals surface area contributed by atoms with Crippen molar-refractivity contribution in [2.24, 2.45) is 0 Å². The van der Waals surface area contributed by atoms with Crippen LogP contribution in [-0.2, 0) is 6.54 Å². The van der Waals surface area contributed by atoms with Crippen LogP contribution in [0.5, 0.6) is 0 Å². The van der Waals surface area contributed by atoms with Crippen LogP contribution in [0.15, 0.2) is 42.6 Å². The Bertz CT molecular complexity index is 438. The van der Waals surface area contributed by atoms with E-state index in [-0.39, 0.29) is 0 Å². The molecule has 0 saturated heterocycles. The molecule has 0 aliphatic carbocycles. The highest BCUT2D eigenvalue weighted by molar-refractivity contribution is 7.80. The summed E-state index contributed by atoms with van der Waals surface area (Å²) < 4.78 is 0. The van der Waals surface area contributed by atoms with Crippen LogP contribution in [0.3, 0.4) is 0 Å². The fourth-order valence-electron chi connectivity index (χ4n) is 1.26. The van der Waals surface area contributed by atoms with Gasteiger partial charge in [-0.3, -0.25) is 5.10 Å². The molecule has 0 atom stereocenters. The third-order valence-electron chi connectivity index (χ3n) is 2.03. The molecule has 1 aromatic carbocycles. The monoisotopic (exact) mass is 232 g/mol. The molecule has 0 aliphatic heterocycles. The SMILES string of the molecule is S=C(NCc1ccn[nH]1)Nc1ccccc1. The molecular weight excluding hydrogens is 220 g/mol. The summed E-state index contributed by atoms with van der Waals surface area (Å²) in [5, 5.41) is 13.5. The Balaban J connectivity index is 1.81. The van der Waals surface area contributed by atoms with Gasteiger partial charge in [-0.15, -0.1) is 0 Å². The van der Waals surface area contributed by atoms with Crippen molar-refractivity contribution in [1.82, 2.24) is 15.5 Å². The molecule has 0 fully saturated rings. The first-order valence-electron chi connectivity index (χ1n) is 4.93. The minimum atomic E-state index is 0.598. The van der Waals surface area contributed by atoms with E-state index in [2.05, 4.69) is 20.8 Å². The number of thiocarbonyl (C=S) groups is 1. The summed E-state index contributed by atoms with van der Waals surface area (Å²) in [6, 6.07) is 11.7. The Kier molecular flexibility index (Phi) is 3.50. The summed E-state index contributed by atoms with van der Waals surface area (Å²) in [6.07, 6.45) is 1.71. The van der Waals surface area contributed by atoms with Gasteiger partial charge in [0.15, 0.2) is 5.11 Å². The lowest BCUT2D eigenvalue weighted by Crippen LogP contribution is -2.27. The third-order valence-corrected chi connectivity index (χ3v) is 2.28. The van der Waals surface area contributed by atoms with Gasteiger partial charge in [-0.2, -0.15) is 5.10 Å². The zero-order chi connectivity index (χ0) is 11.2. The summed E-state index contributed by atoms with van der Waals surface area (Å²) in [4.78, 5) is 0. The van der Waals surface area contributed by atoms with Crippen LogP contribution in [0.1, 0.15) is 5.69 Å². The number of hydrogen-bond acceptors (Lipinski definition) is 2. The molecule has 1 aromatic heterocycles. The van der Waals surface area contributed by atoms with E-state index in [1.54, 1.807) is 6.20 Å². The lowest BCUT2D eigenvalue weighted by atomic mass is 10.3. The Morgan fingerprint density at radius 2 is 2.06 bits per heavy atom. The molecule has 0 radical (unpaired) electrons. The first-order valence-corrected chi connectivity index (χ1v) is 5.33. The molecule has 2 aromatic rings. The zero-order valence-corrected chi connectivity index (χ0v) is 9.42. The van der Waals surface area contributed by atoms with Gasteiger partial charge in [0, 0.05) is 11.9 Å². The molecule has 82 valence electrons. The van der Waals surface area contributed by atoms with Gasteiger partial charge < -0.3 is 10.6 Å². The van der Waals surface area contributed by atoms with Gasteiger partial charge in [-0.25, -0.2) is 0 Å². The average Bonchev–Trinajstić information content (AvgIpc) is 2.81. The van der Waals surface area contributed by atoms with Crippen molar-refractivity contribution in [1.29, 1.82) is 0 Å². The number of H-pyrrole nitrogens is 1. The van der Waals surface area contributed by atoms with Gasteiger partial charge in [0.2, 0.25) is 0 Å². The summed E-state index contributed by atoms with van der Waals surface area (Å²) in [5.41, 5.74) is 1.97. The van der Waals surface area contributed by atoms with Crippen molar-refractivity contribution in [3.63, 3.8) is 0 Å². The molecule has 1 heterocycles. The van der Waals surface area contributed by atoms with Crippen LogP contribution in [0.4, 0.5) is 5.69 Å². The minimum Gasteiger partial charge on any atom is -0.357 e. The summed E-state index contributed by atoms with van der Waals surface area (Å²) in [7, 11) is 0. The second kappa shape index (κ2) is 5.27. The molecule has 3 N–H and O–H groups in total. The van der Waals surface area contributed by atoms with Gasteiger partial charge in [0.25, 0.3) is 0 Å². The van der Waals surface area contributed by atoms with Crippen LogP contribution in [0, 0.1) is 0 Å². The van der Waals surface area contributed by atoms with Crippen LogP contribution < -0.4 is 10.6 Å². The fourth-order valence-corrected chi connectivity index (χ4v) is 1.45. The fraction of sp³-hybridized carbons (Fsp3) is 0.0909. The smallest absolute Gasteiger partial charge is 0.171 e. The topological polar surface area (TPSA) is 52.7 Å². The highest BCUT2D eigenvalue weighted by atomic mass is 32.1. The van der Waals surface area contributed by atoms with E-state index in [1.165, 1.54) is 0 Å². The largest absolute Gasteiger partial charge is 0.357 e. The number of hydrogen-bond donors (Lipinski definition) is 3. The standard InChI is InChI=1S/C11H12N4S/c16-11(12-8-10-6-7-13-15-10)14-9-4-2-1-3-5-9/h1-7H,8H2,(H,13,15)(H2,12,14,16). The molecule has 0 saturated carbocycles. The molecule has 4 nitrogen and oxygen atoms in total. The van der Waals surface area contributed by atoms with E-state index in [1.807, 2.05) is 36.4 Å². The molecule has 0 amide bonds. The van der Waals surface area contributed by atoms with Crippen molar-refractivity contribution in [3.8, 4) is 0 Å². The van der Waals surface area contributed by atoms with Crippen LogP contribution in [0.2, 0.25) is 0 Å². The number of aromatic nitrogens is 2. The predicted octanol–water partition coefficient (Wildman–Crippen LogP) is 1.90. The first kappa shape index (κ1) is 10.6. The highest BCUT2D eigenvalue weighted by Gasteiger charge is 1.97. The number of nitrogens with one attached hydrogen (secondary N) is 3. The van der Waals surface area contributed by atoms with Crippen molar-refractivity contribution in [2.75, 3.05) is 5.32 Å². The summed E-state index contributed by atoms with van der Waals surface area (Å²) >= 11 is 5.15. The Hall–Kier alpha value is -1.88. The number of anilines is 1. The molecular formula is C11H12N4S. The highest BCUT2D eigenvalue weighted by Crippen LogP contribution is 2.04. The molecule has 16 heavy (non-hydrogen) atoms. The van der Waals surface area contributed by atoms with Gasteiger partial charge in [-0.05, 0) is 30.4 Å². The Morgan fingerprint density at radius 1 is 1.25 bits per heavy atom. The van der Waals surface area contributed by atoms with E-state index in [4.69, 9.17) is 12.2 Å². The molecule has 0 aliphatic rings. The van der Waals surface area contributed by atoms with Crippen molar-refractivity contribution in [2.45, 2.75) is 6.54 Å². The lowest BCUT2D eigenvalue weighted by molar-refractivity contribution is 0.865. The van der Waals surface area contributed by atoms with Crippen molar-refractivity contribution >= 4 is 23.0 Å². The Labute approximate surface area is 99.1 Å².